The van der Waals surface area contributed by atoms with Crippen molar-refractivity contribution in [2.24, 2.45) is 0 Å². The summed E-state index contributed by atoms with van der Waals surface area (Å²) in [7, 11) is -3.85. The van der Waals surface area contributed by atoms with Crippen LogP contribution in [0.5, 0.6) is 0 Å². The van der Waals surface area contributed by atoms with Crippen LogP contribution < -0.4 is 5.32 Å². The molecule has 20 heavy (non-hydrogen) atoms. The summed E-state index contributed by atoms with van der Waals surface area (Å²) in [5.41, 5.74) is 1.23. The standard InChI is InChI=1S/C13H17NO3S3/c15-20(16,17)10-4-8-18-13(14-7-9-19-13)11-12-5-2-1-3-6-12/h1-3,5-7,9,14H,4,8,10-11H2,(H,15,16,17). The minimum absolute atomic E-state index is 0.180. The maximum Gasteiger partial charge on any atom is 0.264 e. The largest absolute Gasteiger partial charge is 0.367 e. The first-order chi connectivity index (χ1) is 9.49. The lowest BCUT2D eigenvalue weighted by Gasteiger charge is -2.28. The van der Waals surface area contributed by atoms with E-state index in [0.717, 1.165) is 6.42 Å². The normalized spacial score (nSPS) is 21.9. The van der Waals surface area contributed by atoms with Crippen LogP contribution in [0.25, 0.3) is 0 Å². The van der Waals surface area contributed by atoms with Gasteiger partial charge in [-0.3, -0.25) is 4.55 Å². The van der Waals surface area contributed by atoms with E-state index in [0.29, 0.717) is 12.2 Å². The van der Waals surface area contributed by atoms with Gasteiger partial charge in [-0.25, -0.2) is 0 Å². The van der Waals surface area contributed by atoms with E-state index in [1.807, 2.05) is 29.8 Å². The van der Waals surface area contributed by atoms with Crippen molar-refractivity contribution in [1.29, 1.82) is 0 Å². The Hall–Kier alpha value is -0.630. The quantitative estimate of drug-likeness (QED) is 0.591. The van der Waals surface area contributed by atoms with Crippen LogP contribution in [0.1, 0.15) is 12.0 Å². The van der Waals surface area contributed by atoms with Gasteiger partial charge in [0, 0.05) is 12.6 Å². The lowest BCUT2D eigenvalue weighted by Crippen LogP contribution is -2.34. The molecule has 7 heteroatoms. The predicted molar refractivity (Wildman–Crippen MR) is 86.2 cm³/mol. The molecule has 1 aromatic rings. The highest BCUT2D eigenvalue weighted by molar-refractivity contribution is 8.19. The number of nitrogens with one attached hydrogen (secondary N) is 1. The molecule has 0 fully saturated rings. The molecule has 1 aliphatic rings. The van der Waals surface area contributed by atoms with Crippen LogP contribution in [-0.2, 0) is 16.5 Å². The number of hydrogen-bond donors (Lipinski definition) is 2. The topological polar surface area (TPSA) is 66.4 Å². The highest BCUT2D eigenvalue weighted by Crippen LogP contribution is 2.41. The molecule has 0 amide bonds. The molecule has 0 bridgehead atoms. The number of hydrogen-bond acceptors (Lipinski definition) is 5. The van der Waals surface area contributed by atoms with E-state index in [2.05, 4.69) is 17.4 Å². The Morgan fingerprint density at radius 2 is 2.05 bits per heavy atom. The molecule has 1 heterocycles. The van der Waals surface area contributed by atoms with E-state index < -0.39 is 10.1 Å². The van der Waals surface area contributed by atoms with Gasteiger partial charge < -0.3 is 5.32 Å². The Bertz CT molecular complexity index is 549. The van der Waals surface area contributed by atoms with Gasteiger partial charge >= 0.3 is 0 Å². The molecule has 110 valence electrons. The van der Waals surface area contributed by atoms with E-state index in [-0.39, 0.29) is 9.96 Å². The molecule has 4 nitrogen and oxygen atoms in total. The predicted octanol–water partition coefficient (Wildman–Crippen LogP) is 2.70. The van der Waals surface area contributed by atoms with Crippen LogP contribution in [-0.4, -0.2) is 28.7 Å². The van der Waals surface area contributed by atoms with Crippen LogP contribution in [0.2, 0.25) is 0 Å². The van der Waals surface area contributed by atoms with Crippen LogP contribution in [0.15, 0.2) is 41.9 Å². The molecule has 0 spiro atoms. The second kappa shape index (κ2) is 6.89. The average molecular weight is 331 g/mol. The van der Waals surface area contributed by atoms with Gasteiger partial charge in [-0.05, 0) is 23.1 Å². The van der Waals surface area contributed by atoms with Gasteiger partial charge in [-0.15, -0.1) is 11.8 Å². The van der Waals surface area contributed by atoms with Gasteiger partial charge in [0.2, 0.25) is 0 Å². The van der Waals surface area contributed by atoms with Crippen molar-refractivity contribution < 1.29 is 13.0 Å². The van der Waals surface area contributed by atoms with Crippen molar-refractivity contribution in [2.75, 3.05) is 11.5 Å². The molecule has 2 rings (SSSR count). The fourth-order valence-corrected chi connectivity index (χ4v) is 5.06. The smallest absolute Gasteiger partial charge is 0.264 e. The molecular formula is C13H17NO3S3. The molecule has 0 aliphatic carbocycles. The van der Waals surface area contributed by atoms with Gasteiger partial charge in [0.05, 0.1) is 5.75 Å². The highest BCUT2D eigenvalue weighted by Gasteiger charge is 2.32. The zero-order valence-corrected chi connectivity index (χ0v) is 13.3. The Morgan fingerprint density at radius 3 is 2.65 bits per heavy atom. The zero-order chi connectivity index (χ0) is 14.5. The fourth-order valence-electron chi connectivity index (χ4n) is 1.90. The Labute approximate surface area is 128 Å². The third kappa shape index (κ3) is 5.05. The van der Waals surface area contributed by atoms with Crippen molar-refractivity contribution in [3.63, 3.8) is 0 Å². The third-order valence-electron chi connectivity index (χ3n) is 2.79. The van der Waals surface area contributed by atoms with Gasteiger partial charge in [0.1, 0.15) is 4.20 Å². The van der Waals surface area contributed by atoms with Crippen molar-refractivity contribution in [3.8, 4) is 0 Å². The molecule has 0 aromatic heterocycles. The first-order valence-electron chi connectivity index (χ1n) is 6.23. The maximum absolute atomic E-state index is 10.7. The molecule has 0 saturated carbocycles. The average Bonchev–Trinajstić information content (AvgIpc) is 2.84. The van der Waals surface area contributed by atoms with E-state index in [9.17, 15) is 8.42 Å². The molecule has 0 radical (unpaired) electrons. The third-order valence-corrected chi connectivity index (χ3v) is 6.37. The van der Waals surface area contributed by atoms with Crippen LogP contribution >= 0.6 is 23.5 Å². The summed E-state index contributed by atoms with van der Waals surface area (Å²) >= 11 is 3.38. The second-order valence-electron chi connectivity index (χ2n) is 4.47. The minimum atomic E-state index is -3.85. The SMILES string of the molecule is O=S(=O)(O)CCCSC1(Cc2ccccc2)NC=CS1. The molecule has 1 atom stereocenters. The van der Waals surface area contributed by atoms with Gasteiger partial charge in [0.15, 0.2) is 0 Å². The van der Waals surface area contributed by atoms with Crippen LogP contribution in [0.4, 0.5) is 0 Å². The van der Waals surface area contributed by atoms with Gasteiger partial charge in [-0.1, -0.05) is 42.1 Å². The van der Waals surface area contributed by atoms with E-state index in [4.69, 9.17) is 4.55 Å². The van der Waals surface area contributed by atoms with Crippen molar-refractivity contribution in [1.82, 2.24) is 5.32 Å². The fraction of sp³-hybridized carbons (Fsp3) is 0.385. The van der Waals surface area contributed by atoms with Crippen molar-refractivity contribution in [2.45, 2.75) is 17.0 Å². The summed E-state index contributed by atoms with van der Waals surface area (Å²) in [6.07, 6.45) is 3.22. The molecular weight excluding hydrogens is 314 g/mol. The van der Waals surface area contributed by atoms with Crippen LogP contribution in [0, 0.1) is 0 Å². The van der Waals surface area contributed by atoms with E-state index in [1.165, 1.54) is 5.56 Å². The number of benzene rings is 1. The second-order valence-corrected chi connectivity index (χ2v) is 8.90. The van der Waals surface area contributed by atoms with Gasteiger partial charge in [0.25, 0.3) is 10.1 Å². The molecule has 0 saturated heterocycles. The zero-order valence-electron chi connectivity index (χ0n) is 10.9. The Morgan fingerprint density at radius 1 is 1.30 bits per heavy atom. The van der Waals surface area contributed by atoms with Crippen LogP contribution in [0.3, 0.4) is 0 Å². The lowest BCUT2D eigenvalue weighted by molar-refractivity contribution is 0.482. The number of thioether (sulfide) groups is 2. The first-order valence-corrected chi connectivity index (χ1v) is 9.70. The molecule has 1 aromatic carbocycles. The van der Waals surface area contributed by atoms with E-state index in [1.54, 1.807) is 23.5 Å². The lowest BCUT2D eigenvalue weighted by atomic mass is 10.1. The molecule has 1 aliphatic heterocycles. The van der Waals surface area contributed by atoms with E-state index >= 15 is 0 Å². The minimum Gasteiger partial charge on any atom is -0.367 e. The van der Waals surface area contributed by atoms with Crippen molar-refractivity contribution >= 4 is 33.6 Å². The molecule has 1 unspecified atom stereocenters. The molecule has 2 N–H and O–H groups in total. The summed E-state index contributed by atoms with van der Waals surface area (Å²) < 4.78 is 30.0. The van der Waals surface area contributed by atoms with Gasteiger partial charge in [-0.2, -0.15) is 8.42 Å². The highest BCUT2D eigenvalue weighted by atomic mass is 32.2. The Balaban J connectivity index is 1.90. The first kappa shape index (κ1) is 15.8. The number of rotatable bonds is 7. The summed E-state index contributed by atoms with van der Waals surface area (Å²) in [4.78, 5) is 0. The van der Waals surface area contributed by atoms with Crippen molar-refractivity contribution in [3.05, 3.63) is 47.5 Å². The summed E-state index contributed by atoms with van der Waals surface area (Å²) in [6, 6.07) is 10.2. The summed E-state index contributed by atoms with van der Waals surface area (Å²) in [5, 5.41) is 5.36. The summed E-state index contributed by atoms with van der Waals surface area (Å²) in [6.45, 7) is 0. The Kier molecular flexibility index (Phi) is 5.42. The summed E-state index contributed by atoms with van der Waals surface area (Å²) in [5.74, 6) is 0.494. The maximum atomic E-state index is 10.7. The monoisotopic (exact) mass is 331 g/mol.